The number of piperazine rings is 1. The van der Waals surface area contributed by atoms with Crippen molar-refractivity contribution >= 4 is 59.2 Å². The van der Waals surface area contributed by atoms with Crippen LogP contribution in [0.25, 0.3) is 0 Å². The summed E-state index contributed by atoms with van der Waals surface area (Å²) in [5.41, 5.74) is 1.08. The Labute approximate surface area is 243 Å². The summed E-state index contributed by atoms with van der Waals surface area (Å²) >= 11 is 12.1. The number of carbonyl (C=O) groups is 4. The van der Waals surface area contributed by atoms with E-state index in [0.717, 1.165) is 5.69 Å². The second-order valence-electron chi connectivity index (χ2n) is 11.5. The normalized spacial score (nSPS) is 27.7. The lowest BCUT2D eigenvalue weighted by Gasteiger charge is -2.54. The van der Waals surface area contributed by atoms with E-state index < -0.39 is 42.4 Å². The minimum atomic E-state index is -2.52. The molecule has 212 valence electrons. The van der Waals surface area contributed by atoms with Crippen molar-refractivity contribution in [2.75, 3.05) is 31.6 Å². The number of nitrogens with one attached hydrogen (secondary N) is 1. The molecule has 40 heavy (non-hydrogen) atoms. The molecule has 2 unspecified atom stereocenters. The SMILES string of the molecule is CC(C)C[C@H](CC(=O)CNC(=O)c1cc(Cl)ccc1Cl)[B-]12OC(=O)[C@H]3CN(c4ccccc4)C[C@@H](C(=O)O1)[N+]32C. The first-order valence-electron chi connectivity index (χ1n) is 13.5. The number of carbonyl (C=O) groups excluding carboxylic acids is 4. The molecule has 0 aliphatic carbocycles. The molecule has 3 fully saturated rings. The Morgan fingerprint density at radius 2 is 1.68 bits per heavy atom. The van der Waals surface area contributed by atoms with Crippen LogP contribution in [0, 0.1) is 5.92 Å². The molecule has 5 atom stereocenters. The van der Waals surface area contributed by atoms with Crippen molar-refractivity contribution in [2.45, 2.75) is 44.6 Å². The molecule has 3 aliphatic rings. The third kappa shape index (κ3) is 4.76. The Kier molecular flexibility index (Phi) is 7.63. The van der Waals surface area contributed by atoms with E-state index in [-0.39, 0.29) is 39.6 Å². The summed E-state index contributed by atoms with van der Waals surface area (Å²) in [5, 5.41) is 3.18. The van der Waals surface area contributed by atoms with Crippen LogP contribution >= 0.6 is 23.2 Å². The molecular formula is C28H32BCl2N3O6. The van der Waals surface area contributed by atoms with Crippen molar-refractivity contribution in [3.63, 3.8) is 0 Å². The van der Waals surface area contributed by atoms with Crippen molar-refractivity contribution in [3.8, 4) is 0 Å². The lowest BCUT2D eigenvalue weighted by molar-refractivity contribution is -0.845. The van der Waals surface area contributed by atoms with E-state index in [2.05, 4.69) is 5.32 Å². The van der Waals surface area contributed by atoms with Gasteiger partial charge in [0.1, 0.15) is 5.78 Å². The Hall–Kier alpha value is -3.08. The highest BCUT2D eigenvalue weighted by atomic mass is 35.5. The Morgan fingerprint density at radius 3 is 2.27 bits per heavy atom. The van der Waals surface area contributed by atoms with Crippen LogP contribution in [0.3, 0.4) is 0 Å². The molecule has 3 heterocycles. The van der Waals surface area contributed by atoms with Gasteiger partial charge in [0.2, 0.25) is 0 Å². The first-order valence-corrected chi connectivity index (χ1v) is 14.2. The van der Waals surface area contributed by atoms with Gasteiger partial charge in [-0.15, -0.1) is 0 Å². The maximum Gasteiger partial charge on any atom is 0.587 e. The average Bonchev–Trinajstić information content (AvgIpc) is 3.28. The van der Waals surface area contributed by atoms with E-state index in [4.69, 9.17) is 32.5 Å². The molecule has 3 saturated heterocycles. The average molecular weight is 588 g/mol. The second kappa shape index (κ2) is 10.7. The Morgan fingerprint density at radius 1 is 1.05 bits per heavy atom. The Balaban J connectivity index is 1.38. The third-order valence-corrected chi connectivity index (χ3v) is 9.18. The summed E-state index contributed by atoms with van der Waals surface area (Å²) in [7, 11) is 1.86. The largest absolute Gasteiger partial charge is 0.600 e. The van der Waals surface area contributed by atoms with Crippen molar-refractivity contribution < 1.29 is 32.9 Å². The van der Waals surface area contributed by atoms with Crippen molar-refractivity contribution in [1.82, 2.24) is 5.32 Å². The number of ketones is 1. The number of halogens is 2. The highest BCUT2D eigenvalue weighted by molar-refractivity contribution is 6.68. The van der Waals surface area contributed by atoms with E-state index in [1.807, 2.05) is 56.1 Å². The second-order valence-corrected chi connectivity index (χ2v) is 12.4. The highest BCUT2D eigenvalue weighted by Crippen LogP contribution is 2.52. The van der Waals surface area contributed by atoms with Gasteiger partial charge in [-0.3, -0.25) is 9.59 Å². The zero-order valence-corrected chi connectivity index (χ0v) is 24.2. The van der Waals surface area contributed by atoms with Crippen molar-refractivity contribution in [3.05, 3.63) is 64.1 Å². The minimum absolute atomic E-state index is 0.0101. The van der Waals surface area contributed by atoms with Crippen LogP contribution < -0.4 is 10.2 Å². The van der Waals surface area contributed by atoms with Gasteiger partial charge in [-0.25, -0.2) is 9.59 Å². The van der Waals surface area contributed by atoms with Crippen LogP contribution in [0.4, 0.5) is 5.69 Å². The summed E-state index contributed by atoms with van der Waals surface area (Å²) < 4.78 is 12.2. The molecule has 1 N–H and O–H groups in total. The predicted octanol–water partition coefficient (Wildman–Crippen LogP) is 3.86. The molecule has 1 amide bonds. The fourth-order valence-electron chi connectivity index (χ4n) is 6.72. The van der Waals surface area contributed by atoms with Gasteiger partial charge in [0.15, 0.2) is 12.1 Å². The van der Waals surface area contributed by atoms with Gasteiger partial charge >= 0.3 is 18.6 Å². The van der Waals surface area contributed by atoms with Crippen LogP contribution in [0.15, 0.2) is 48.5 Å². The number of nitrogens with zero attached hydrogens (tertiary/aromatic N) is 2. The van der Waals surface area contributed by atoms with Gasteiger partial charge in [-0.1, -0.05) is 61.7 Å². The summed E-state index contributed by atoms with van der Waals surface area (Å²) in [6, 6.07) is 12.9. The van der Waals surface area contributed by atoms with Crippen LogP contribution in [0.5, 0.6) is 0 Å². The molecule has 5 rings (SSSR count). The number of hydrogen-bond acceptors (Lipinski definition) is 7. The zero-order valence-electron chi connectivity index (χ0n) is 22.6. The Bertz CT molecular complexity index is 1330. The van der Waals surface area contributed by atoms with Gasteiger partial charge in [0.25, 0.3) is 5.91 Å². The van der Waals surface area contributed by atoms with Gasteiger partial charge in [0.05, 0.1) is 30.2 Å². The maximum atomic E-state index is 13.4. The van der Waals surface area contributed by atoms with E-state index in [9.17, 15) is 19.2 Å². The fraction of sp³-hybridized carbons (Fsp3) is 0.429. The van der Waals surface area contributed by atoms with Crippen molar-refractivity contribution in [2.24, 2.45) is 5.92 Å². The molecule has 2 aromatic carbocycles. The molecule has 2 aromatic rings. The van der Waals surface area contributed by atoms with Gasteiger partial charge < -0.3 is 23.9 Å². The van der Waals surface area contributed by atoms with E-state index in [0.29, 0.717) is 24.5 Å². The van der Waals surface area contributed by atoms with Crippen LogP contribution in [-0.2, 0) is 23.7 Å². The first kappa shape index (κ1) is 28.5. The number of amides is 1. The van der Waals surface area contributed by atoms with Crippen LogP contribution in [0.1, 0.15) is 37.0 Å². The number of anilines is 1. The number of para-hydroxylation sites is 1. The zero-order chi connectivity index (χ0) is 28.8. The topological polar surface area (TPSA) is 102 Å². The standard InChI is InChI=1S/C28H32BCl2N3O6/c1-17(2)11-18(12-21(35)14-32-26(36)22-13-19(30)9-10-23(22)31)29-34(3)24(27(37)39-29)15-33(16-25(34)28(38)40-29)20-7-5-4-6-8-20/h4-10,13,17-18,24-25H,11-12,14-16H2,1-3H3,(H,32,36)/t18-,24-,25+,29?,34?/m1/s1. The number of hydrogen-bond donors (Lipinski definition) is 1. The molecule has 12 heteroatoms. The van der Waals surface area contributed by atoms with Crippen molar-refractivity contribution in [1.29, 1.82) is 0 Å². The van der Waals surface area contributed by atoms with Crippen LogP contribution in [-0.4, -0.2) is 73.5 Å². The number of rotatable bonds is 9. The molecule has 0 radical (unpaired) electrons. The molecule has 0 saturated carbocycles. The smallest absolute Gasteiger partial charge is 0.587 e. The summed E-state index contributed by atoms with van der Waals surface area (Å²) in [4.78, 5) is 54.8. The fourth-order valence-corrected chi connectivity index (χ4v) is 7.10. The molecular weight excluding hydrogens is 556 g/mol. The molecule has 0 aromatic heterocycles. The highest BCUT2D eigenvalue weighted by Gasteiger charge is 2.77. The third-order valence-electron chi connectivity index (χ3n) is 8.62. The number of Topliss-reactive ketones (excluding diaryl/α,β-unsaturated/α-hetero) is 1. The summed E-state index contributed by atoms with van der Waals surface area (Å²) in [5.74, 6) is -2.07. The summed E-state index contributed by atoms with van der Waals surface area (Å²) in [6.45, 7) is 1.96. The lowest BCUT2D eigenvalue weighted by Crippen LogP contribution is -2.74. The number of benzene rings is 2. The monoisotopic (exact) mass is 587 g/mol. The predicted molar refractivity (Wildman–Crippen MR) is 152 cm³/mol. The minimum Gasteiger partial charge on any atom is -0.600 e. The van der Waals surface area contributed by atoms with Gasteiger partial charge in [0, 0.05) is 17.8 Å². The van der Waals surface area contributed by atoms with E-state index in [1.54, 1.807) is 6.07 Å². The lowest BCUT2D eigenvalue weighted by atomic mass is 9.51. The van der Waals surface area contributed by atoms with E-state index in [1.165, 1.54) is 12.1 Å². The van der Waals surface area contributed by atoms with E-state index >= 15 is 0 Å². The van der Waals surface area contributed by atoms with Gasteiger partial charge in [-0.2, -0.15) is 0 Å². The summed E-state index contributed by atoms with van der Waals surface area (Å²) in [6.07, 6.45) is 0.466. The quantitative estimate of drug-likeness (QED) is 0.445. The molecule has 0 spiro atoms. The number of likely N-dealkylation sites (N-methyl/N-ethyl adjacent to an activating group) is 1. The maximum absolute atomic E-state index is 13.4. The van der Waals surface area contributed by atoms with Crippen LogP contribution in [0.2, 0.25) is 15.9 Å². The molecule has 3 aliphatic heterocycles. The molecule has 9 nitrogen and oxygen atoms in total. The van der Waals surface area contributed by atoms with Gasteiger partial charge in [-0.05, 0) is 48.5 Å². The molecule has 0 bridgehead atoms. The first-order chi connectivity index (χ1) is 19.0. The number of quaternary nitrogens is 1.